The summed E-state index contributed by atoms with van der Waals surface area (Å²) < 4.78 is 0. The summed E-state index contributed by atoms with van der Waals surface area (Å²) in [6, 6.07) is 1.72. The van der Waals surface area contributed by atoms with Crippen LogP contribution in [-0.4, -0.2) is 16.0 Å². The van der Waals surface area contributed by atoms with Gasteiger partial charge in [0.05, 0.1) is 0 Å². The van der Waals surface area contributed by atoms with Crippen molar-refractivity contribution in [2.75, 3.05) is 0 Å². The van der Waals surface area contributed by atoms with E-state index in [9.17, 15) is 4.79 Å². The van der Waals surface area contributed by atoms with Gasteiger partial charge in [-0.25, -0.2) is 0 Å². The number of nitrogens with zero attached hydrogens (tertiary/aromatic N) is 1. The van der Waals surface area contributed by atoms with Gasteiger partial charge in [0.25, 0.3) is 0 Å². The van der Waals surface area contributed by atoms with Gasteiger partial charge in [-0.15, -0.1) is 0 Å². The van der Waals surface area contributed by atoms with Gasteiger partial charge in [-0.2, -0.15) is 5.10 Å². The first-order valence-electron chi connectivity index (χ1n) is 4.14. The molecule has 1 heterocycles. The maximum atomic E-state index is 10.6. The molecule has 1 rings (SSSR count). The van der Waals surface area contributed by atoms with Gasteiger partial charge in [-0.3, -0.25) is 9.89 Å². The van der Waals surface area contributed by atoms with Crippen LogP contribution in [0.4, 0.5) is 0 Å². The molecule has 0 aliphatic carbocycles. The number of aromatic amines is 1. The van der Waals surface area contributed by atoms with E-state index in [1.54, 1.807) is 6.07 Å². The van der Waals surface area contributed by atoms with Crippen LogP contribution in [0.1, 0.15) is 43.4 Å². The summed E-state index contributed by atoms with van der Waals surface area (Å²) in [6.45, 7) is 7.61. The summed E-state index contributed by atoms with van der Waals surface area (Å²) in [6.07, 6.45) is 1.25. The number of ketones is 1. The third-order valence-electron chi connectivity index (χ3n) is 1.07. The Morgan fingerprint density at radius 1 is 1.58 bits per heavy atom. The first-order valence-corrected chi connectivity index (χ1v) is 4.14. The summed E-state index contributed by atoms with van der Waals surface area (Å²) in [7, 11) is 0. The van der Waals surface area contributed by atoms with Crippen molar-refractivity contribution in [3.8, 4) is 0 Å². The molecule has 0 aromatic carbocycles. The Labute approximate surface area is 73.2 Å². The van der Waals surface area contributed by atoms with E-state index in [1.807, 2.05) is 6.92 Å². The Balaban J connectivity index is 0.000000354. The van der Waals surface area contributed by atoms with E-state index in [1.165, 1.54) is 13.3 Å². The zero-order valence-electron chi connectivity index (χ0n) is 8.14. The Bertz CT molecular complexity index is 240. The number of aromatic nitrogens is 2. The molecule has 1 N–H and O–H groups in total. The van der Waals surface area contributed by atoms with E-state index in [2.05, 4.69) is 24.0 Å². The number of carbonyl (C=O) groups is 1. The van der Waals surface area contributed by atoms with Crippen molar-refractivity contribution >= 4 is 5.78 Å². The van der Waals surface area contributed by atoms with Crippen molar-refractivity contribution in [1.82, 2.24) is 10.2 Å². The lowest BCUT2D eigenvalue weighted by molar-refractivity contribution is 0.101. The lowest BCUT2D eigenvalue weighted by atomic mass is 10.3. The lowest BCUT2D eigenvalue weighted by Crippen LogP contribution is -1.90. The molecule has 0 aliphatic rings. The number of hydrogen-bond acceptors (Lipinski definition) is 2. The smallest absolute Gasteiger partial charge is 0.179 e. The molecule has 0 amide bonds. The van der Waals surface area contributed by atoms with Crippen molar-refractivity contribution in [2.45, 2.75) is 34.1 Å². The molecule has 0 saturated heterocycles. The monoisotopic (exact) mass is 168 g/mol. The molecule has 0 saturated carbocycles. The topological polar surface area (TPSA) is 45.8 Å². The molecule has 68 valence electrons. The van der Waals surface area contributed by atoms with Gasteiger partial charge >= 0.3 is 0 Å². The summed E-state index contributed by atoms with van der Waals surface area (Å²) in [5.41, 5.74) is 1.42. The van der Waals surface area contributed by atoms with Gasteiger partial charge in [0.1, 0.15) is 5.69 Å². The number of rotatable bonds is 1. The zero-order valence-corrected chi connectivity index (χ0v) is 8.14. The number of carbonyl (C=O) groups excluding carboxylic acids is 1. The Hall–Kier alpha value is -1.12. The maximum absolute atomic E-state index is 10.6. The molecule has 1 aromatic heterocycles. The molecule has 0 spiro atoms. The Kier molecular flexibility index (Phi) is 5.00. The molecule has 0 atom stereocenters. The van der Waals surface area contributed by atoms with E-state index >= 15 is 0 Å². The van der Waals surface area contributed by atoms with Crippen LogP contribution < -0.4 is 0 Å². The fraction of sp³-hybridized carbons (Fsp3) is 0.556. The van der Waals surface area contributed by atoms with Crippen molar-refractivity contribution in [3.05, 3.63) is 17.5 Å². The number of nitrogens with one attached hydrogen (secondary N) is 1. The fourth-order valence-corrected chi connectivity index (χ4v) is 0.598. The molecule has 0 unspecified atom stereocenters. The van der Waals surface area contributed by atoms with Gasteiger partial charge in [0.15, 0.2) is 5.78 Å². The number of hydrogen-bond donors (Lipinski definition) is 1. The molecule has 0 bridgehead atoms. The number of aryl methyl sites for hydroxylation is 1. The predicted octanol–water partition coefficient (Wildman–Crippen LogP) is 2.34. The highest BCUT2D eigenvalue weighted by Gasteiger charge is 2.00. The van der Waals surface area contributed by atoms with Crippen molar-refractivity contribution < 1.29 is 4.79 Å². The minimum atomic E-state index is -0.000602. The summed E-state index contributed by atoms with van der Waals surface area (Å²) in [4.78, 5) is 10.6. The highest BCUT2D eigenvalue weighted by atomic mass is 16.1. The largest absolute Gasteiger partial charge is 0.293 e. The van der Waals surface area contributed by atoms with Gasteiger partial charge in [0, 0.05) is 12.6 Å². The molecule has 0 aliphatic heterocycles. The van der Waals surface area contributed by atoms with Crippen LogP contribution >= 0.6 is 0 Å². The third kappa shape index (κ3) is 3.91. The highest BCUT2D eigenvalue weighted by Crippen LogP contribution is 1.96. The lowest BCUT2D eigenvalue weighted by Gasteiger charge is -1.78. The minimum absolute atomic E-state index is 0.000602. The molecule has 0 radical (unpaired) electrons. The molecular formula is C9H16N2O. The average molecular weight is 168 g/mol. The number of H-pyrrole nitrogens is 1. The van der Waals surface area contributed by atoms with Crippen molar-refractivity contribution in [3.63, 3.8) is 0 Å². The van der Waals surface area contributed by atoms with E-state index < -0.39 is 0 Å². The van der Waals surface area contributed by atoms with Crippen molar-refractivity contribution in [1.29, 1.82) is 0 Å². The second-order valence-corrected chi connectivity index (χ2v) is 2.70. The molecule has 1 aromatic rings. The Morgan fingerprint density at radius 3 is 2.25 bits per heavy atom. The van der Waals surface area contributed by atoms with Gasteiger partial charge in [-0.05, 0) is 13.0 Å². The van der Waals surface area contributed by atoms with Gasteiger partial charge in [0.2, 0.25) is 0 Å². The SMILES string of the molecule is CC(=O)c1cc(C)[nH]n1.CCC. The summed E-state index contributed by atoms with van der Waals surface area (Å²) in [5, 5.41) is 6.42. The number of Topliss-reactive ketones (excluding diaryl/α,β-unsaturated/α-hetero) is 1. The van der Waals surface area contributed by atoms with Crippen LogP contribution in [0.3, 0.4) is 0 Å². The molecular weight excluding hydrogens is 152 g/mol. The van der Waals surface area contributed by atoms with Crippen LogP contribution in [0.15, 0.2) is 6.07 Å². The van der Waals surface area contributed by atoms with E-state index in [0.29, 0.717) is 5.69 Å². The van der Waals surface area contributed by atoms with E-state index in [-0.39, 0.29) is 5.78 Å². The third-order valence-corrected chi connectivity index (χ3v) is 1.07. The normalized spacial score (nSPS) is 8.67. The highest BCUT2D eigenvalue weighted by molar-refractivity contribution is 5.92. The molecule has 0 fully saturated rings. The quantitative estimate of drug-likeness (QED) is 0.654. The first kappa shape index (κ1) is 10.9. The fourth-order valence-electron chi connectivity index (χ4n) is 0.598. The summed E-state index contributed by atoms with van der Waals surface area (Å²) in [5.74, 6) is -0.000602. The predicted molar refractivity (Wildman–Crippen MR) is 49.3 cm³/mol. The second kappa shape index (κ2) is 5.52. The maximum Gasteiger partial charge on any atom is 0.179 e. The Morgan fingerprint density at radius 2 is 2.08 bits per heavy atom. The zero-order chi connectivity index (χ0) is 9.56. The van der Waals surface area contributed by atoms with Gasteiger partial charge in [-0.1, -0.05) is 20.3 Å². The molecule has 12 heavy (non-hydrogen) atoms. The molecule has 3 nitrogen and oxygen atoms in total. The van der Waals surface area contributed by atoms with Crippen LogP contribution in [0, 0.1) is 6.92 Å². The summed E-state index contributed by atoms with van der Waals surface area (Å²) >= 11 is 0. The second-order valence-electron chi connectivity index (χ2n) is 2.70. The standard InChI is InChI=1S/C6H8N2O.C3H8/c1-4-3-6(5(2)9)8-7-4;1-3-2/h3H,1-2H3,(H,7,8);3H2,1-2H3. The molecule has 3 heteroatoms. The van der Waals surface area contributed by atoms with Crippen molar-refractivity contribution in [2.24, 2.45) is 0 Å². The van der Waals surface area contributed by atoms with Crippen LogP contribution in [0.25, 0.3) is 0 Å². The van der Waals surface area contributed by atoms with Crippen LogP contribution in [0.2, 0.25) is 0 Å². The van der Waals surface area contributed by atoms with E-state index in [4.69, 9.17) is 0 Å². The van der Waals surface area contributed by atoms with Gasteiger partial charge < -0.3 is 0 Å². The first-order chi connectivity index (χ1) is 5.61. The van der Waals surface area contributed by atoms with E-state index in [0.717, 1.165) is 5.69 Å². The van der Waals surface area contributed by atoms with Crippen LogP contribution in [0.5, 0.6) is 0 Å². The average Bonchev–Trinajstić information content (AvgIpc) is 2.37. The minimum Gasteiger partial charge on any atom is -0.293 e. The van der Waals surface area contributed by atoms with Crippen LogP contribution in [-0.2, 0) is 0 Å².